The third-order valence-corrected chi connectivity index (χ3v) is 5.77. The van der Waals surface area contributed by atoms with Crippen LogP contribution in [0.2, 0.25) is 0 Å². The molecule has 6 heteroatoms. The summed E-state index contributed by atoms with van der Waals surface area (Å²) >= 11 is 0. The van der Waals surface area contributed by atoms with Crippen LogP contribution in [-0.2, 0) is 15.0 Å². The van der Waals surface area contributed by atoms with Crippen molar-refractivity contribution in [3.8, 4) is 5.75 Å². The van der Waals surface area contributed by atoms with E-state index in [1.165, 1.54) is 5.56 Å². The van der Waals surface area contributed by atoms with Gasteiger partial charge >= 0.3 is 11.8 Å². The molecule has 6 nitrogen and oxygen atoms in total. The van der Waals surface area contributed by atoms with Crippen LogP contribution in [0.25, 0.3) is 0 Å². The standard InChI is InChI=1S/C25H33N3O3/c1-25(2)15-14-22(20-8-5-6-9-21(20)25)27-24(30)23(29)26-18-10-12-19(13-11-18)31-17-7-16-28(3)4/h5-6,8-13,22H,7,14-17H2,1-4H3,(H,26,29)(H,27,30). The molecule has 2 N–H and O–H groups in total. The molecule has 0 saturated carbocycles. The number of carbonyl (C=O) groups is 2. The van der Waals surface area contributed by atoms with E-state index < -0.39 is 11.8 Å². The Morgan fingerprint density at radius 3 is 2.48 bits per heavy atom. The van der Waals surface area contributed by atoms with Crippen LogP contribution >= 0.6 is 0 Å². The minimum Gasteiger partial charge on any atom is -0.494 e. The van der Waals surface area contributed by atoms with Crippen molar-refractivity contribution in [2.24, 2.45) is 0 Å². The third kappa shape index (κ3) is 6.07. The molecule has 0 bridgehead atoms. The number of nitrogens with one attached hydrogen (secondary N) is 2. The maximum atomic E-state index is 12.5. The number of anilines is 1. The molecule has 2 amide bonds. The Morgan fingerprint density at radius 1 is 1.06 bits per heavy atom. The lowest BCUT2D eigenvalue weighted by molar-refractivity contribution is -0.136. The molecule has 2 aromatic carbocycles. The summed E-state index contributed by atoms with van der Waals surface area (Å²) in [5.41, 5.74) is 2.95. The number of benzene rings is 2. The van der Waals surface area contributed by atoms with Crippen molar-refractivity contribution in [1.82, 2.24) is 10.2 Å². The summed E-state index contributed by atoms with van der Waals surface area (Å²) in [5, 5.41) is 5.58. The van der Waals surface area contributed by atoms with Gasteiger partial charge in [0.25, 0.3) is 0 Å². The summed E-state index contributed by atoms with van der Waals surface area (Å²) in [4.78, 5) is 27.1. The Bertz CT molecular complexity index is 906. The van der Waals surface area contributed by atoms with Gasteiger partial charge in [-0.15, -0.1) is 0 Å². The van der Waals surface area contributed by atoms with Crippen LogP contribution in [0, 0.1) is 0 Å². The van der Waals surface area contributed by atoms with E-state index >= 15 is 0 Å². The minimum atomic E-state index is -0.665. The second-order valence-electron chi connectivity index (χ2n) is 9.02. The zero-order chi connectivity index (χ0) is 22.4. The first-order chi connectivity index (χ1) is 14.8. The normalized spacial score (nSPS) is 17.0. The summed E-state index contributed by atoms with van der Waals surface area (Å²) in [6, 6.07) is 15.1. The number of amides is 2. The van der Waals surface area contributed by atoms with E-state index in [4.69, 9.17) is 4.74 Å². The molecular formula is C25H33N3O3. The maximum absolute atomic E-state index is 12.5. The SMILES string of the molecule is CN(C)CCCOc1ccc(NC(=O)C(=O)NC2CCC(C)(C)c3ccccc32)cc1. The lowest BCUT2D eigenvalue weighted by Crippen LogP contribution is -2.40. The fourth-order valence-corrected chi connectivity index (χ4v) is 3.98. The Morgan fingerprint density at radius 2 is 1.77 bits per heavy atom. The van der Waals surface area contributed by atoms with E-state index in [0.29, 0.717) is 12.3 Å². The van der Waals surface area contributed by atoms with Gasteiger partial charge in [-0.1, -0.05) is 38.1 Å². The Labute approximate surface area is 185 Å². The van der Waals surface area contributed by atoms with Crippen molar-refractivity contribution in [3.05, 3.63) is 59.7 Å². The van der Waals surface area contributed by atoms with E-state index in [1.807, 2.05) is 32.3 Å². The summed E-state index contributed by atoms with van der Waals surface area (Å²) in [6.07, 6.45) is 2.70. The predicted octanol–water partition coefficient (Wildman–Crippen LogP) is 3.88. The number of hydrogen-bond donors (Lipinski definition) is 2. The van der Waals surface area contributed by atoms with Crippen LogP contribution in [0.4, 0.5) is 5.69 Å². The van der Waals surface area contributed by atoms with Gasteiger partial charge < -0.3 is 20.3 Å². The lowest BCUT2D eigenvalue weighted by atomic mass is 9.71. The zero-order valence-corrected chi connectivity index (χ0v) is 18.9. The number of fused-ring (bicyclic) bond motifs is 1. The van der Waals surface area contributed by atoms with Crippen LogP contribution < -0.4 is 15.4 Å². The molecule has 166 valence electrons. The highest BCUT2D eigenvalue weighted by Gasteiger charge is 2.33. The van der Waals surface area contributed by atoms with Gasteiger partial charge in [0.15, 0.2) is 0 Å². The topological polar surface area (TPSA) is 70.7 Å². The second kappa shape index (κ2) is 9.96. The third-order valence-electron chi connectivity index (χ3n) is 5.77. The second-order valence-corrected chi connectivity index (χ2v) is 9.02. The van der Waals surface area contributed by atoms with E-state index in [2.05, 4.69) is 35.4 Å². The molecule has 0 spiro atoms. The van der Waals surface area contributed by atoms with E-state index in [-0.39, 0.29) is 11.5 Å². The summed E-state index contributed by atoms with van der Waals surface area (Å²) in [6.45, 7) is 6.02. The van der Waals surface area contributed by atoms with Gasteiger partial charge in [-0.2, -0.15) is 0 Å². The van der Waals surface area contributed by atoms with Gasteiger partial charge in [0.1, 0.15) is 5.75 Å². The maximum Gasteiger partial charge on any atom is 0.313 e. The number of nitrogens with zero attached hydrogens (tertiary/aromatic N) is 1. The average molecular weight is 424 g/mol. The van der Waals surface area contributed by atoms with Gasteiger partial charge in [0.2, 0.25) is 0 Å². The monoisotopic (exact) mass is 423 g/mol. The molecule has 1 atom stereocenters. The van der Waals surface area contributed by atoms with Crippen molar-refractivity contribution >= 4 is 17.5 Å². The molecule has 0 saturated heterocycles. The molecule has 1 aliphatic rings. The van der Waals surface area contributed by atoms with Crippen LogP contribution in [0.3, 0.4) is 0 Å². The van der Waals surface area contributed by atoms with Crippen molar-refractivity contribution in [2.45, 2.75) is 44.6 Å². The molecule has 3 rings (SSSR count). The Hall–Kier alpha value is -2.86. The molecule has 2 aromatic rings. The van der Waals surface area contributed by atoms with Crippen molar-refractivity contribution in [2.75, 3.05) is 32.6 Å². The quantitative estimate of drug-likeness (QED) is 0.524. The van der Waals surface area contributed by atoms with Crippen LogP contribution in [0.5, 0.6) is 5.75 Å². The van der Waals surface area contributed by atoms with Crippen molar-refractivity contribution in [3.63, 3.8) is 0 Å². The number of carbonyl (C=O) groups excluding carboxylic acids is 2. The fraction of sp³-hybridized carbons (Fsp3) is 0.440. The molecule has 0 fully saturated rings. The van der Waals surface area contributed by atoms with E-state index in [1.54, 1.807) is 24.3 Å². The number of ether oxygens (including phenoxy) is 1. The average Bonchev–Trinajstić information content (AvgIpc) is 2.74. The van der Waals surface area contributed by atoms with Gasteiger partial charge in [-0.25, -0.2) is 0 Å². The summed E-state index contributed by atoms with van der Waals surface area (Å²) < 4.78 is 5.70. The number of rotatable bonds is 7. The van der Waals surface area contributed by atoms with E-state index in [0.717, 1.165) is 37.1 Å². The molecule has 31 heavy (non-hydrogen) atoms. The van der Waals surface area contributed by atoms with Gasteiger partial charge in [-0.05, 0) is 74.2 Å². The molecule has 0 heterocycles. The fourth-order valence-electron chi connectivity index (χ4n) is 3.98. The van der Waals surface area contributed by atoms with Gasteiger partial charge in [0, 0.05) is 12.2 Å². The molecule has 1 unspecified atom stereocenters. The van der Waals surface area contributed by atoms with Gasteiger partial charge in [-0.3, -0.25) is 9.59 Å². The largest absolute Gasteiger partial charge is 0.494 e. The first-order valence-electron chi connectivity index (χ1n) is 10.8. The lowest BCUT2D eigenvalue weighted by Gasteiger charge is -2.37. The molecule has 0 radical (unpaired) electrons. The van der Waals surface area contributed by atoms with Crippen LogP contribution in [0.1, 0.15) is 50.3 Å². The van der Waals surface area contributed by atoms with Crippen LogP contribution in [0.15, 0.2) is 48.5 Å². The van der Waals surface area contributed by atoms with E-state index in [9.17, 15) is 9.59 Å². The predicted molar refractivity (Wildman–Crippen MR) is 123 cm³/mol. The molecule has 0 aromatic heterocycles. The van der Waals surface area contributed by atoms with Crippen LogP contribution in [-0.4, -0.2) is 44.0 Å². The molecule has 1 aliphatic carbocycles. The zero-order valence-electron chi connectivity index (χ0n) is 18.9. The first-order valence-corrected chi connectivity index (χ1v) is 10.8. The Kier molecular flexibility index (Phi) is 7.33. The van der Waals surface area contributed by atoms with Gasteiger partial charge in [0.05, 0.1) is 12.6 Å². The van der Waals surface area contributed by atoms with Crippen molar-refractivity contribution in [1.29, 1.82) is 0 Å². The Balaban J connectivity index is 1.54. The molecule has 0 aliphatic heterocycles. The minimum absolute atomic E-state index is 0.0658. The first kappa shape index (κ1) is 22.8. The number of hydrogen-bond acceptors (Lipinski definition) is 4. The molecular weight excluding hydrogens is 390 g/mol. The summed E-state index contributed by atoms with van der Waals surface area (Å²) in [5.74, 6) is -0.548. The highest BCUT2D eigenvalue weighted by molar-refractivity contribution is 6.39. The highest BCUT2D eigenvalue weighted by atomic mass is 16.5. The highest BCUT2D eigenvalue weighted by Crippen LogP contribution is 2.41. The smallest absolute Gasteiger partial charge is 0.313 e. The summed E-state index contributed by atoms with van der Waals surface area (Å²) in [7, 11) is 4.06. The van der Waals surface area contributed by atoms with Crippen molar-refractivity contribution < 1.29 is 14.3 Å².